The van der Waals surface area contributed by atoms with E-state index in [4.69, 9.17) is 15.2 Å². The number of aryl methyl sites for hydroxylation is 1. The van der Waals surface area contributed by atoms with Crippen LogP contribution in [0.25, 0.3) is 16.6 Å². The van der Waals surface area contributed by atoms with Crippen LogP contribution < -0.4 is 25.0 Å². The van der Waals surface area contributed by atoms with E-state index < -0.39 is 23.4 Å². The van der Waals surface area contributed by atoms with Crippen molar-refractivity contribution in [1.29, 1.82) is 0 Å². The molecule has 13 heteroatoms. The van der Waals surface area contributed by atoms with Gasteiger partial charge < -0.3 is 15.2 Å². The highest BCUT2D eigenvalue weighted by molar-refractivity contribution is 6.11. The van der Waals surface area contributed by atoms with Crippen molar-refractivity contribution in [2.75, 3.05) is 31.1 Å². The van der Waals surface area contributed by atoms with E-state index in [0.29, 0.717) is 33.7 Å². The first-order valence-corrected chi connectivity index (χ1v) is 12.5. The van der Waals surface area contributed by atoms with E-state index in [-0.39, 0.29) is 24.6 Å². The first-order chi connectivity index (χ1) is 19.7. The molecule has 5 rings (SSSR count). The number of carbonyl (C=O) groups excluding carboxylic acids is 1. The molecule has 11 nitrogen and oxygen atoms in total. The van der Waals surface area contributed by atoms with Gasteiger partial charge in [0.15, 0.2) is 23.1 Å². The Kier molecular flexibility index (Phi) is 7.26. The van der Waals surface area contributed by atoms with Crippen molar-refractivity contribution < 1.29 is 23.0 Å². The maximum Gasteiger partial charge on any atom is 0.329 e. The summed E-state index contributed by atoms with van der Waals surface area (Å²) >= 11 is 0. The van der Waals surface area contributed by atoms with Gasteiger partial charge in [0.1, 0.15) is 11.2 Å². The van der Waals surface area contributed by atoms with Crippen molar-refractivity contribution in [3.05, 3.63) is 70.7 Å². The number of pyridine rings is 1. The fourth-order valence-electron chi connectivity index (χ4n) is 4.78. The second-order valence-corrected chi connectivity index (χ2v) is 9.43. The summed E-state index contributed by atoms with van der Waals surface area (Å²) in [5.41, 5.74) is 10.3. The van der Waals surface area contributed by atoms with Crippen LogP contribution in [0.15, 0.2) is 47.2 Å². The van der Waals surface area contributed by atoms with Gasteiger partial charge in [0.05, 0.1) is 44.2 Å². The number of methoxy groups -OCH3 is 2. The first-order valence-electron chi connectivity index (χ1n) is 12.5. The third kappa shape index (κ3) is 4.79. The molecule has 2 N–H and O–H groups in total. The number of carbonyl (C=O) groups is 1. The number of ether oxygens (including phenoxy) is 2. The first kappa shape index (κ1) is 27.5. The highest BCUT2D eigenvalue weighted by Crippen LogP contribution is 2.41. The molecule has 3 heterocycles. The van der Waals surface area contributed by atoms with Gasteiger partial charge in [0.25, 0.3) is 0 Å². The summed E-state index contributed by atoms with van der Waals surface area (Å²) in [5.74, 6) is -2.60. The maximum atomic E-state index is 15.6. The van der Waals surface area contributed by atoms with E-state index in [1.54, 1.807) is 44.2 Å². The lowest BCUT2D eigenvalue weighted by Crippen LogP contribution is -2.47. The van der Waals surface area contributed by atoms with Crippen molar-refractivity contribution in [2.24, 2.45) is 17.8 Å². The molecule has 0 saturated carbocycles. The summed E-state index contributed by atoms with van der Waals surface area (Å²) in [4.78, 5) is 25.2. The summed E-state index contributed by atoms with van der Waals surface area (Å²) in [6.07, 6.45) is 3.14. The Morgan fingerprint density at radius 2 is 1.85 bits per heavy atom. The van der Waals surface area contributed by atoms with Crippen LogP contribution in [0.3, 0.4) is 0 Å². The normalized spacial score (nSPS) is 14.1. The van der Waals surface area contributed by atoms with E-state index in [2.05, 4.69) is 20.3 Å². The monoisotopic (exact) mass is 562 g/mol. The molecule has 0 fully saturated rings. The largest absolute Gasteiger partial charge is 0.493 e. The average Bonchev–Trinajstić information content (AvgIpc) is 3.33. The number of benzene rings is 2. The molecule has 4 aromatic rings. The maximum absolute atomic E-state index is 15.6. The van der Waals surface area contributed by atoms with E-state index in [1.165, 1.54) is 19.1 Å². The van der Waals surface area contributed by atoms with Gasteiger partial charge in [0.2, 0.25) is 0 Å². The van der Waals surface area contributed by atoms with Crippen molar-refractivity contribution >= 4 is 40.2 Å². The lowest BCUT2D eigenvalue weighted by Gasteiger charge is -2.37. The standard InChI is InChI=1S/C28H28F2N8O3/c1-15(31)18(12-32-2)19-9-22-17(11-33-19)14-38(27-25(29)23(40-4)10-24(41-5)26(27)30)28(39)37(22)13-16-6-7-21-20(8-16)34-35-36(21)3/h6-12H,13-14,31H2,1-5H3. The van der Waals surface area contributed by atoms with Crippen LogP contribution in [0.2, 0.25) is 0 Å². The molecule has 0 bridgehead atoms. The van der Waals surface area contributed by atoms with E-state index in [1.807, 2.05) is 18.2 Å². The van der Waals surface area contributed by atoms with Gasteiger partial charge in [0, 0.05) is 49.4 Å². The molecular formula is C28H28F2N8O3. The summed E-state index contributed by atoms with van der Waals surface area (Å²) in [6.45, 7) is 1.62. The molecule has 0 spiro atoms. The topological polar surface area (TPSA) is 124 Å². The molecular weight excluding hydrogens is 534 g/mol. The Balaban J connectivity index is 1.68. The Morgan fingerprint density at radius 3 is 2.49 bits per heavy atom. The lowest BCUT2D eigenvalue weighted by molar-refractivity contribution is 0.249. The smallest absolute Gasteiger partial charge is 0.329 e. The number of fused-ring (bicyclic) bond motifs is 2. The summed E-state index contributed by atoms with van der Waals surface area (Å²) < 4.78 is 43.0. The summed E-state index contributed by atoms with van der Waals surface area (Å²) in [7, 11) is 5.89. The molecule has 0 radical (unpaired) electrons. The molecule has 2 aromatic heterocycles. The minimum absolute atomic E-state index is 0.0607. The average molecular weight is 563 g/mol. The number of urea groups is 1. The molecule has 1 aliphatic heterocycles. The highest BCUT2D eigenvalue weighted by atomic mass is 19.1. The van der Waals surface area contributed by atoms with Crippen LogP contribution in [0, 0.1) is 11.6 Å². The minimum atomic E-state index is -1.03. The van der Waals surface area contributed by atoms with Crippen molar-refractivity contribution in [1.82, 2.24) is 20.0 Å². The van der Waals surface area contributed by atoms with Crippen molar-refractivity contribution in [2.45, 2.75) is 20.0 Å². The molecule has 1 aliphatic rings. The van der Waals surface area contributed by atoms with Gasteiger partial charge in [-0.15, -0.1) is 5.10 Å². The third-order valence-corrected chi connectivity index (χ3v) is 6.84. The predicted molar refractivity (Wildman–Crippen MR) is 151 cm³/mol. The van der Waals surface area contributed by atoms with Gasteiger partial charge in [-0.05, 0) is 30.7 Å². The number of hydrogen-bond acceptors (Lipinski definition) is 8. The second-order valence-electron chi connectivity index (χ2n) is 9.43. The van der Waals surface area contributed by atoms with E-state index >= 15 is 8.78 Å². The number of halogens is 2. The zero-order valence-corrected chi connectivity index (χ0v) is 23.1. The highest BCUT2D eigenvalue weighted by Gasteiger charge is 2.37. The molecule has 0 saturated heterocycles. The van der Waals surface area contributed by atoms with Gasteiger partial charge in [-0.2, -0.15) is 0 Å². The number of aliphatic imine (C=N–C) groups is 1. The van der Waals surface area contributed by atoms with Gasteiger partial charge in [-0.25, -0.2) is 18.3 Å². The Hall–Kier alpha value is -5.07. The number of hydrogen-bond donors (Lipinski definition) is 1. The number of rotatable bonds is 7. The van der Waals surface area contributed by atoms with E-state index in [9.17, 15) is 4.79 Å². The fraction of sp³-hybridized carbons (Fsp3) is 0.250. The lowest BCUT2D eigenvalue weighted by atomic mass is 10.0. The fourth-order valence-corrected chi connectivity index (χ4v) is 4.78. The van der Waals surface area contributed by atoms with Crippen LogP contribution in [0.5, 0.6) is 11.5 Å². The number of anilines is 2. The number of amides is 2. The van der Waals surface area contributed by atoms with Crippen LogP contribution in [-0.2, 0) is 20.1 Å². The van der Waals surface area contributed by atoms with Crippen LogP contribution >= 0.6 is 0 Å². The molecule has 0 atom stereocenters. The van der Waals surface area contributed by atoms with Crippen molar-refractivity contribution in [3.8, 4) is 11.5 Å². The Bertz CT molecular complexity index is 1700. The Labute approximate surface area is 234 Å². The van der Waals surface area contributed by atoms with Crippen LogP contribution in [-0.4, -0.2) is 53.5 Å². The summed E-state index contributed by atoms with van der Waals surface area (Å²) in [5, 5.41) is 8.20. The van der Waals surface area contributed by atoms with Crippen molar-refractivity contribution in [3.63, 3.8) is 0 Å². The molecule has 0 aliphatic carbocycles. The quantitative estimate of drug-likeness (QED) is 0.335. The molecule has 2 aromatic carbocycles. The number of nitrogens with two attached hydrogens (primary N) is 1. The predicted octanol–water partition coefficient (Wildman–Crippen LogP) is 4.20. The second kappa shape index (κ2) is 10.8. The van der Waals surface area contributed by atoms with E-state index in [0.717, 1.165) is 22.0 Å². The SMILES string of the molecule is CN=CC(=C(C)N)c1cc2c(cn1)CN(c1c(F)c(OC)cc(OC)c1F)C(=O)N2Cc1ccc2c(c1)nnn2C. The van der Waals surface area contributed by atoms with Crippen LogP contribution in [0.4, 0.5) is 25.0 Å². The number of nitrogens with zero attached hydrogens (tertiary/aromatic N) is 7. The molecule has 0 unspecified atom stereocenters. The molecule has 2 amide bonds. The summed E-state index contributed by atoms with van der Waals surface area (Å²) in [6, 6.07) is 7.65. The molecule has 41 heavy (non-hydrogen) atoms. The number of aromatic nitrogens is 4. The zero-order chi connectivity index (χ0) is 29.4. The van der Waals surface area contributed by atoms with Crippen LogP contribution in [0.1, 0.15) is 23.7 Å². The molecule has 212 valence electrons. The Morgan fingerprint density at radius 1 is 1.15 bits per heavy atom. The zero-order valence-electron chi connectivity index (χ0n) is 23.1. The third-order valence-electron chi connectivity index (χ3n) is 6.84. The van der Waals surface area contributed by atoms with Gasteiger partial charge in [-0.1, -0.05) is 11.3 Å². The van der Waals surface area contributed by atoms with Gasteiger partial charge in [-0.3, -0.25) is 19.8 Å². The van der Waals surface area contributed by atoms with Gasteiger partial charge >= 0.3 is 6.03 Å². The number of allylic oxidation sites excluding steroid dienone is 2. The minimum Gasteiger partial charge on any atom is -0.493 e.